The van der Waals surface area contributed by atoms with Gasteiger partial charge in [-0.05, 0) is 29.8 Å². The fraction of sp³-hybridized carbons (Fsp3) is 0.263. The van der Waals surface area contributed by atoms with Crippen LogP contribution in [0.3, 0.4) is 0 Å². The minimum absolute atomic E-state index is 0.0797. The number of aliphatic hydroxyl groups excluding tert-OH is 3. The molecule has 2 aromatic carbocycles. The minimum Gasteiger partial charge on any atom is -0.507 e. The number of carbonyl (C=O) groups is 2. The van der Waals surface area contributed by atoms with Crippen molar-refractivity contribution in [3.05, 3.63) is 53.6 Å². The lowest BCUT2D eigenvalue weighted by molar-refractivity contribution is -0.278. The van der Waals surface area contributed by atoms with Crippen molar-refractivity contribution in [3.63, 3.8) is 0 Å². The second-order valence-electron chi connectivity index (χ2n) is 6.50. The van der Waals surface area contributed by atoms with Crippen LogP contribution in [0.2, 0.25) is 0 Å². The van der Waals surface area contributed by atoms with E-state index in [4.69, 9.17) is 14.6 Å². The first-order valence-electron chi connectivity index (χ1n) is 8.52. The van der Waals surface area contributed by atoms with Crippen LogP contribution in [0.5, 0.6) is 5.75 Å². The predicted octanol–water partition coefficient (Wildman–Crippen LogP) is 0.386. The zero-order valence-corrected chi connectivity index (χ0v) is 15.0. The summed E-state index contributed by atoms with van der Waals surface area (Å²) >= 11 is 0. The number of carbonyl (C=O) groups excluding carboxylic acids is 1. The van der Waals surface area contributed by atoms with Gasteiger partial charge < -0.3 is 35.0 Å². The summed E-state index contributed by atoms with van der Waals surface area (Å²) in [4.78, 5) is 23.6. The normalized spacial score (nSPS) is 26.2. The van der Waals surface area contributed by atoms with Crippen LogP contribution in [0, 0.1) is 11.6 Å². The maximum Gasteiger partial charge on any atom is 0.344 e. The third-order valence-electron chi connectivity index (χ3n) is 4.49. The van der Waals surface area contributed by atoms with E-state index in [1.807, 2.05) is 0 Å². The summed E-state index contributed by atoms with van der Waals surface area (Å²) in [7, 11) is 0. The molecule has 5 N–H and O–H groups in total. The highest BCUT2D eigenvalue weighted by atomic mass is 19.1. The van der Waals surface area contributed by atoms with Gasteiger partial charge in [-0.25, -0.2) is 18.4 Å². The number of carboxylic acid groups (broad SMARTS) is 1. The van der Waals surface area contributed by atoms with Gasteiger partial charge in [-0.2, -0.15) is 0 Å². The molecule has 11 heteroatoms. The highest BCUT2D eigenvalue weighted by molar-refractivity contribution is 5.94. The molecule has 0 radical (unpaired) electrons. The van der Waals surface area contributed by atoms with Crippen molar-refractivity contribution in [2.24, 2.45) is 0 Å². The Morgan fingerprint density at radius 1 is 0.967 bits per heavy atom. The van der Waals surface area contributed by atoms with Gasteiger partial charge in [-0.3, -0.25) is 0 Å². The van der Waals surface area contributed by atoms with E-state index >= 15 is 0 Å². The molecule has 0 unspecified atom stereocenters. The molecular formula is C19H16F2O9. The van der Waals surface area contributed by atoms with Gasteiger partial charge in [0.15, 0.2) is 6.10 Å². The molecule has 9 nitrogen and oxygen atoms in total. The number of hydrogen-bond acceptors (Lipinski definition) is 8. The van der Waals surface area contributed by atoms with Crippen LogP contribution in [-0.4, -0.2) is 68.2 Å². The third-order valence-corrected chi connectivity index (χ3v) is 4.49. The second-order valence-corrected chi connectivity index (χ2v) is 6.50. The van der Waals surface area contributed by atoms with Gasteiger partial charge in [0, 0.05) is 11.6 Å². The van der Waals surface area contributed by atoms with Gasteiger partial charge >= 0.3 is 11.9 Å². The number of aromatic hydroxyl groups is 1. The highest BCUT2D eigenvalue weighted by Crippen LogP contribution is 2.30. The number of rotatable bonds is 4. The van der Waals surface area contributed by atoms with Gasteiger partial charge in [0.1, 0.15) is 41.3 Å². The first kappa shape index (κ1) is 21.6. The minimum atomic E-state index is -1.99. The molecular weight excluding hydrogens is 410 g/mol. The fourth-order valence-electron chi connectivity index (χ4n) is 2.91. The summed E-state index contributed by atoms with van der Waals surface area (Å²) in [6, 6.07) is 6.08. The molecule has 0 aliphatic carbocycles. The molecule has 160 valence electrons. The number of ether oxygens (including phenoxy) is 2. The van der Waals surface area contributed by atoms with Crippen LogP contribution in [0.25, 0.3) is 11.1 Å². The number of phenolic OH excluding ortho intramolecular Hbond substituents is 1. The Labute approximate surface area is 167 Å². The Hall–Kier alpha value is -3.12. The Morgan fingerprint density at radius 2 is 1.67 bits per heavy atom. The van der Waals surface area contributed by atoms with Crippen LogP contribution in [0.1, 0.15) is 10.4 Å². The number of halogens is 2. The molecule has 0 saturated carbocycles. The summed E-state index contributed by atoms with van der Waals surface area (Å²) in [6.45, 7) is 0. The first-order valence-corrected chi connectivity index (χ1v) is 8.52. The van der Waals surface area contributed by atoms with Crippen LogP contribution < -0.4 is 0 Å². The molecule has 0 spiro atoms. The molecule has 0 amide bonds. The van der Waals surface area contributed by atoms with Crippen molar-refractivity contribution >= 4 is 11.9 Å². The summed E-state index contributed by atoms with van der Waals surface area (Å²) in [5.74, 6) is -5.30. The van der Waals surface area contributed by atoms with E-state index < -0.39 is 65.6 Å². The first-order chi connectivity index (χ1) is 14.1. The Balaban J connectivity index is 1.87. The Bertz CT molecular complexity index is 980. The molecule has 1 fully saturated rings. The molecule has 3 rings (SSSR count). The predicted molar refractivity (Wildman–Crippen MR) is 93.2 cm³/mol. The zero-order chi connectivity index (χ0) is 22.2. The molecule has 1 aliphatic heterocycles. The average Bonchev–Trinajstić information content (AvgIpc) is 2.68. The monoisotopic (exact) mass is 426 g/mol. The van der Waals surface area contributed by atoms with E-state index in [1.54, 1.807) is 0 Å². The van der Waals surface area contributed by atoms with Crippen LogP contribution in [0.15, 0.2) is 36.4 Å². The lowest BCUT2D eigenvalue weighted by atomic mass is 9.99. The average molecular weight is 426 g/mol. The van der Waals surface area contributed by atoms with Crippen molar-refractivity contribution < 1.29 is 53.4 Å². The number of aliphatic carboxylic acids is 1. The fourth-order valence-corrected chi connectivity index (χ4v) is 2.91. The van der Waals surface area contributed by atoms with Crippen molar-refractivity contribution in [1.29, 1.82) is 0 Å². The summed E-state index contributed by atoms with van der Waals surface area (Å²) in [6.07, 6.45) is -9.94. The molecule has 5 atom stereocenters. The lowest BCUT2D eigenvalue weighted by Gasteiger charge is -2.37. The third kappa shape index (κ3) is 4.09. The molecule has 30 heavy (non-hydrogen) atoms. The standard InChI is InChI=1S/C19H16F2O9/c20-8-2-3-9(11(21)6-8)7-1-4-12(22)10(5-7)18(28)30-19-15(25)13(23)14(24)16(29-19)17(26)27/h1-6,13-16,19,22-25H,(H,26,27)/t13-,14-,15+,16-,19-/m0/s1. The Morgan fingerprint density at radius 3 is 2.30 bits per heavy atom. The maximum atomic E-state index is 14.0. The SMILES string of the molecule is O=C(O[C@@H]1O[C@H](C(=O)O)[C@@H](O)[C@H](O)[C@H]1O)c1cc(-c2ccc(F)cc2F)ccc1O. The highest BCUT2D eigenvalue weighted by Gasteiger charge is 2.48. The Kier molecular flexibility index (Phi) is 5.99. The van der Waals surface area contributed by atoms with Crippen LogP contribution in [0.4, 0.5) is 8.78 Å². The van der Waals surface area contributed by atoms with Crippen molar-refractivity contribution in [2.75, 3.05) is 0 Å². The molecule has 1 aliphatic rings. The molecule has 0 bridgehead atoms. The van der Waals surface area contributed by atoms with E-state index in [9.17, 15) is 38.8 Å². The number of carboxylic acids is 1. The molecule has 1 saturated heterocycles. The molecule has 0 aromatic heterocycles. The van der Waals surface area contributed by atoms with Gasteiger partial charge in [0.2, 0.25) is 6.29 Å². The summed E-state index contributed by atoms with van der Waals surface area (Å²) in [5.41, 5.74) is -0.496. The second kappa shape index (κ2) is 8.32. The van der Waals surface area contributed by atoms with Crippen molar-refractivity contribution in [3.8, 4) is 16.9 Å². The van der Waals surface area contributed by atoms with E-state index in [-0.39, 0.29) is 11.1 Å². The number of hydrogen-bond donors (Lipinski definition) is 5. The largest absolute Gasteiger partial charge is 0.507 e. The summed E-state index contributed by atoms with van der Waals surface area (Å²) < 4.78 is 36.8. The van der Waals surface area contributed by atoms with Gasteiger partial charge in [-0.1, -0.05) is 6.07 Å². The summed E-state index contributed by atoms with van der Waals surface area (Å²) in [5, 5.41) is 48.3. The van der Waals surface area contributed by atoms with Crippen molar-refractivity contribution in [1.82, 2.24) is 0 Å². The molecule has 1 heterocycles. The zero-order valence-electron chi connectivity index (χ0n) is 15.0. The van der Waals surface area contributed by atoms with Gasteiger partial charge in [0.25, 0.3) is 0 Å². The van der Waals surface area contributed by atoms with Gasteiger partial charge in [-0.15, -0.1) is 0 Å². The smallest absolute Gasteiger partial charge is 0.344 e. The maximum absolute atomic E-state index is 14.0. The van der Waals surface area contributed by atoms with E-state index in [0.29, 0.717) is 6.07 Å². The van der Waals surface area contributed by atoms with Gasteiger partial charge in [0.05, 0.1) is 0 Å². The van der Waals surface area contributed by atoms with Crippen LogP contribution >= 0.6 is 0 Å². The number of esters is 1. The quantitative estimate of drug-likeness (QED) is 0.437. The van der Waals surface area contributed by atoms with Crippen LogP contribution in [-0.2, 0) is 14.3 Å². The lowest BCUT2D eigenvalue weighted by Crippen LogP contribution is -2.60. The number of aliphatic hydroxyl groups is 3. The van der Waals surface area contributed by atoms with Crippen molar-refractivity contribution in [2.45, 2.75) is 30.7 Å². The molecule has 2 aromatic rings. The topological polar surface area (TPSA) is 154 Å². The number of phenols is 1. The van der Waals surface area contributed by atoms with E-state index in [0.717, 1.165) is 24.3 Å². The number of benzene rings is 2. The van der Waals surface area contributed by atoms with E-state index in [2.05, 4.69) is 0 Å². The van der Waals surface area contributed by atoms with E-state index in [1.165, 1.54) is 6.07 Å².